The molecule has 0 radical (unpaired) electrons. The Bertz CT molecular complexity index is 457. The first kappa shape index (κ1) is 11.6. The van der Waals surface area contributed by atoms with Gasteiger partial charge in [0.1, 0.15) is 12.3 Å². The van der Waals surface area contributed by atoms with Crippen LogP contribution in [-0.2, 0) is 4.79 Å². The minimum Gasteiger partial charge on any atom is -0.368 e. The fourth-order valence-corrected chi connectivity index (χ4v) is 2.43. The third kappa shape index (κ3) is 2.16. The first-order valence-electron chi connectivity index (χ1n) is 5.75. The molecule has 0 aliphatic carbocycles. The highest BCUT2D eigenvalue weighted by molar-refractivity contribution is 5.85. The van der Waals surface area contributed by atoms with Gasteiger partial charge in [-0.3, -0.25) is 9.59 Å². The van der Waals surface area contributed by atoms with Gasteiger partial charge in [0.25, 0.3) is 0 Å². The summed E-state index contributed by atoms with van der Waals surface area (Å²) in [5.41, 5.74) is 8.05. The zero-order valence-corrected chi connectivity index (χ0v) is 9.85. The van der Waals surface area contributed by atoms with E-state index in [0.717, 1.165) is 36.9 Å². The van der Waals surface area contributed by atoms with Crippen LogP contribution in [0.4, 0.5) is 5.69 Å². The van der Waals surface area contributed by atoms with Gasteiger partial charge in [0.15, 0.2) is 0 Å². The van der Waals surface area contributed by atoms with E-state index in [1.54, 1.807) is 6.07 Å². The quantitative estimate of drug-likeness (QED) is 0.798. The molecule has 1 aromatic carbocycles. The van der Waals surface area contributed by atoms with E-state index in [2.05, 4.69) is 0 Å². The number of hydrogen-bond acceptors (Lipinski definition) is 3. The van der Waals surface area contributed by atoms with Crippen LogP contribution < -0.4 is 10.6 Å². The second-order valence-electron chi connectivity index (χ2n) is 4.42. The molecule has 1 fully saturated rings. The lowest BCUT2D eigenvalue weighted by Gasteiger charge is -2.26. The molecule has 4 heteroatoms. The number of rotatable bonds is 3. The van der Waals surface area contributed by atoms with Crippen molar-refractivity contribution in [2.75, 3.05) is 11.4 Å². The van der Waals surface area contributed by atoms with Crippen LogP contribution in [0.25, 0.3) is 0 Å². The number of carbonyl (C=O) groups is 2. The van der Waals surface area contributed by atoms with Crippen molar-refractivity contribution in [2.24, 2.45) is 5.73 Å². The van der Waals surface area contributed by atoms with Gasteiger partial charge in [0, 0.05) is 17.8 Å². The number of primary amides is 1. The van der Waals surface area contributed by atoms with E-state index in [1.807, 2.05) is 24.0 Å². The molecule has 1 aromatic rings. The second kappa shape index (κ2) is 4.57. The van der Waals surface area contributed by atoms with Gasteiger partial charge in [-0.2, -0.15) is 0 Å². The maximum absolute atomic E-state index is 11.3. The van der Waals surface area contributed by atoms with Gasteiger partial charge in [-0.15, -0.1) is 0 Å². The summed E-state index contributed by atoms with van der Waals surface area (Å²) in [7, 11) is 0. The van der Waals surface area contributed by atoms with E-state index in [-0.39, 0.29) is 11.9 Å². The molecule has 0 aromatic heterocycles. The minimum atomic E-state index is -0.277. The van der Waals surface area contributed by atoms with Gasteiger partial charge in [0.2, 0.25) is 5.91 Å². The van der Waals surface area contributed by atoms with Crippen LogP contribution >= 0.6 is 0 Å². The molecule has 1 aliphatic rings. The maximum atomic E-state index is 11.3. The van der Waals surface area contributed by atoms with E-state index >= 15 is 0 Å². The van der Waals surface area contributed by atoms with Crippen molar-refractivity contribution in [3.05, 3.63) is 29.3 Å². The van der Waals surface area contributed by atoms with E-state index in [1.165, 1.54) is 0 Å². The van der Waals surface area contributed by atoms with Crippen LogP contribution in [0, 0.1) is 6.92 Å². The average Bonchev–Trinajstić information content (AvgIpc) is 2.77. The summed E-state index contributed by atoms with van der Waals surface area (Å²) in [6, 6.07) is 5.28. The van der Waals surface area contributed by atoms with E-state index in [4.69, 9.17) is 5.73 Å². The van der Waals surface area contributed by atoms with Crippen LogP contribution in [-0.4, -0.2) is 24.8 Å². The predicted octanol–water partition coefficient (Wildman–Crippen LogP) is 1.26. The summed E-state index contributed by atoms with van der Waals surface area (Å²) in [5, 5.41) is 0. The first-order valence-corrected chi connectivity index (χ1v) is 5.75. The van der Waals surface area contributed by atoms with Crippen molar-refractivity contribution >= 4 is 17.9 Å². The molecular weight excluding hydrogens is 216 g/mol. The molecule has 1 unspecified atom stereocenters. The fraction of sp³-hybridized carbons (Fsp3) is 0.385. The molecule has 2 rings (SSSR count). The summed E-state index contributed by atoms with van der Waals surface area (Å²) >= 11 is 0. The highest BCUT2D eigenvalue weighted by Gasteiger charge is 2.29. The Balaban J connectivity index is 2.33. The van der Waals surface area contributed by atoms with Crippen LogP contribution in [0.5, 0.6) is 0 Å². The number of amides is 1. The van der Waals surface area contributed by atoms with E-state index < -0.39 is 0 Å². The van der Waals surface area contributed by atoms with Crippen LogP contribution in [0.3, 0.4) is 0 Å². The SMILES string of the molecule is Cc1cc(C=O)ccc1N1CCCC1C(N)=O. The molecule has 1 amide bonds. The molecule has 1 heterocycles. The van der Waals surface area contributed by atoms with Gasteiger partial charge in [-0.1, -0.05) is 0 Å². The largest absolute Gasteiger partial charge is 0.368 e. The van der Waals surface area contributed by atoms with Gasteiger partial charge >= 0.3 is 0 Å². The van der Waals surface area contributed by atoms with Gasteiger partial charge < -0.3 is 10.6 Å². The standard InChI is InChI=1S/C13H16N2O2/c1-9-7-10(8-16)4-5-11(9)15-6-2-3-12(15)13(14)17/h4-5,7-8,12H,2-3,6H2,1H3,(H2,14,17). The summed E-state index contributed by atoms with van der Waals surface area (Å²) in [5.74, 6) is -0.277. The summed E-state index contributed by atoms with van der Waals surface area (Å²) < 4.78 is 0. The van der Waals surface area contributed by atoms with Crippen molar-refractivity contribution < 1.29 is 9.59 Å². The van der Waals surface area contributed by atoms with E-state index in [0.29, 0.717) is 5.56 Å². The summed E-state index contributed by atoms with van der Waals surface area (Å²) in [6.45, 7) is 2.79. The summed E-state index contributed by atoms with van der Waals surface area (Å²) in [4.78, 5) is 24.1. The third-order valence-corrected chi connectivity index (χ3v) is 3.25. The molecule has 1 aliphatic heterocycles. The maximum Gasteiger partial charge on any atom is 0.240 e. The third-order valence-electron chi connectivity index (χ3n) is 3.25. The first-order chi connectivity index (χ1) is 8.13. The number of carbonyl (C=O) groups excluding carboxylic acids is 2. The highest BCUT2D eigenvalue weighted by atomic mass is 16.1. The number of benzene rings is 1. The number of nitrogens with two attached hydrogens (primary N) is 1. The Kier molecular flexibility index (Phi) is 3.13. The van der Waals surface area contributed by atoms with Gasteiger partial charge in [-0.25, -0.2) is 0 Å². The molecule has 1 saturated heterocycles. The fourth-order valence-electron chi connectivity index (χ4n) is 2.43. The minimum absolute atomic E-state index is 0.212. The van der Waals surface area contributed by atoms with Crippen LogP contribution in [0.1, 0.15) is 28.8 Å². The molecule has 0 bridgehead atoms. The Hall–Kier alpha value is -1.84. The molecule has 2 N–H and O–H groups in total. The van der Waals surface area contributed by atoms with Crippen molar-refractivity contribution in [2.45, 2.75) is 25.8 Å². The van der Waals surface area contributed by atoms with Crippen LogP contribution in [0.15, 0.2) is 18.2 Å². The predicted molar refractivity (Wildman–Crippen MR) is 66.1 cm³/mol. The monoisotopic (exact) mass is 232 g/mol. The lowest BCUT2D eigenvalue weighted by Crippen LogP contribution is -2.40. The number of anilines is 1. The molecular formula is C13H16N2O2. The Morgan fingerprint density at radius 3 is 2.88 bits per heavy atom. The molecule has 17 heavy (non-hydrogen) atoms. The topological polar surface area (TPSA) is 63.4 Å². The van der Waals surface area contributed by atoms with Crippen molar-refractivity contribution in [3.8, 4) is 0 Å². The molecule has 0 spiro atoms. The smallest absolute Gasteiger partial charge is 0.240 e. The molecule has 90 valence electrons. The zero-order chi connectivity index (χ0) is 12.4. The molecule has 4 nitrogen and oxygen atoms in total. The van der Waals surface area contributed by atoms with Gasteiger partial charge in [0.05, 0.1) is 0 Å². The Labute approximate surface area is 100 Å². The van der Waals surface area contributed by atoms with Gasteiger partial charge in [-0.05, 0) is 43.5 Å². The van der Waals surface area contributed by atoms with Crippen molar-refractivity contribution in [3.63, 3.8) is 0 Å². The summed E-state index contributed by atoms with van der Waals surface area (Å²) in [6.07, 6.45) is 2.61. The molecule has 1 atom stereocenters. The number of hydrogen-bond donors (Lipinski definition) is 1. The number of aldehydes is 1. The van der Waals surface area contributed by atoms with Crippen molar-refractivity contribution in [1.29, 1.82) is 0 Å². The Morgan fingerprint density at radius 1 is 1.53 bits per heavy atom. The zero-order valence-electron chi connectivity index (χ0n) is 9.85. The van der Waals surface area contributed by atoms with E-state index in [9.17, 15) is 9.59 Å². The lowest BCUT2D eigenvalue weighted by atomic mass is 10.1. The highest BCUT2D eigenvalue weighted by Crippen LogP contribution is 2.28. The normalized spacial score (nSPS) is 19.4. The van der Waals surface area contributed by atoms with Crippen molar-refractivity contribution in [1.82, 2.24) is 0 Å². The average molecular weight is 232 g/mol. The lowest BCUT2D eigenvalue weighted by molar-refractivity contribution is -0.119. The molecule has 0 saturated carbocycles. The number of nitrogens with zero attached hydrogens (tertiary/aromatic N) is 1. The van der Waals surface area contributed by atoms with Crippen LogP contribution in [0.2, 0.25) is 0 Å². The second-order valence-corrected chi connectivity index (χ2v) is 4.42. The Morgan fingerprint density at radius 2 is 2.29 bits per heavy atom. The number of aryl methyl sites for hydroxylation is 1.